The molecule has 14 rings (SSSR count). The van der Waals surface area contributed by atoms with Crippen molar-refractivity contribution in [2.45, 2.75) is 19.3 Å². The topological polar surface area (TPSA) is 9.86 Å². The van der Waals surface area contributed by atoms with E-state index in [-0.39, 0.29) is 5.41 Å². The molecule has 310 valence electrons. The molecule has 0 amide bonds. The number of benzene rings is 10. The molecule has 3 aromatic heterocycles. The average molecular weight is 859 g/mol. The van der Waals surface area contributed by atoms with Gasteiger partial charge in [0.1, 0.15) is 0 Å². The van der Waals surface area contributed by atoms with Gasteiger partial charge in [0, 0.05) is 48.1 Å². The minimum absolute atomic E-state index is 0.108. The Hall–Kier alpha value is -7.98. The van der Waals surface area contributed by atoms with Gasteiger partial charge in [-0.1, -0.05) is 159 Å². The normalized spacial score (nSPS) is 13.1. The molecule has 1 aliphatic carbocycles. The monoisotopic (exact) mass is 858 g/mol. The van der Waals surface area contributed by atoms with Crippen molar-refractivity contribution in [3.63, 3.8) is 0 Å². The Morgan fingerprint density at radius 2 is 0.939 bits per heavy atom. The van der Waals surface area contributed by atoms with Gasteiger partial charge in [0.2, 0.25) is 0 Å². The van der Waals surface area contributed by atoms with Crippen molar-refractivity contribution < 1.29 is 0 Å². The van der Waals surface area contributed by atoms with Crippen molar-refractivity contribution in [1.82, 2.24) is 9.13 Å². The molecule has 0 saturated heterocycles. The Morgan fingerprint density at radius 3 is 1.79 bits per heavy atom. The van der Waals surface area contributed by atoms with Crippen LogP contribution in [0.2, 0.25) is 0 Å². The molecule has 0 bridgehead atoms. The second-order valence-electron chi connectivity index (χ2n) is 18.5. The summed E-state index contributed by atoms with van der Waals surface area (Å²) in [6, 6.07) is 81.5. The van der Waals surface area contributed by atoms with Gasteiger partial charge in [-0.15, -0.1) is 11.3 Å². The zero-order valence-corrected chi connectivity index (χ0v) is 37.4. The molecule has 0 fully saturated rings. The first-order valence-corrected chi connectivity index (χ1v) is 23.7. The third kappa shape index (κ3) is 5.35. The molecule has 0 N–H and O–H groups in total. The van der Waals surface area contributed by atoms with Crippen molar-refractivity contribution in [2.24, 2.45) is 0 Å². The predicted molar refractivity (Wildman–Crippen MR) is 282 cm³/mol. The average Bonchev–Trinajstić information content (AvgIpc) is 4.09. The minimum Gasteiger partial charge on any atom is -0.309 e. The number of para-hydroxylation sites is 3. The maximum Gasteiger partial charge on any atom is 0.0640 e. The lowest BCUT2D eigenvalue weighted by Gasteiger charge is -2.22. The molecule has 0 saturated carbocycles. The summed E-state index contributed by atoms with van der Waals surface area (Å²) in [4.78, 5) is 0. The highest BCUT2D eigenvalue weighted by Crippen LogP contribution is 2.50. The Balaban J connectivity index is 1.03. The first-order valence-electron chi connectivity index (χ1n) is 22.9. The highest BCUT2D eigenvalue weighted by atomic mass is 32.1. The summed E-state index contributed by atoms with van der Waals surface area (Å²) in [6.45, 7) is 4.75. The molecular formula is C63H42N2S. The molecule has 3 heterocycles. The number of aromatic nitrogens is 2. The van der Waals surface area contributed by atoms with Gasteiger partial charge in [0.05, 0.1) is 32.5 Å². The van der Waals surface area contributed by atoms with Crippen molar-refractivity contribution >= 4 is 75.1 Å². The standard InChI is InChI=1S/C63H42N2S/c1-63(2)53-24-10-6-18-46(53)47-32-30-39(37-54(47)63)41-34-42(36-43(35-41)45-22-14-27-57-61(45)52-21-8-12-26-56(52)64(57)44-16-4-3-5-17-44)40-31-33-49-48-19-7-11-25-55(48)65(59(49)38-40)58-28-15-23-51-50-20-9-13-29-60(50)66-62(51)58/h3-38H,1-2H3. The number of rotatable bonds is 5. The van der Waals surface area contributed by atoms with Gasteiger partial charge in [-0.05, 0) is 128 Å². The Bertz CT molecular complexity index is 4140. The van der Waals surface area contributed by atoms with E-state index in [0.29, 0.717) is 0 Å². The van der Waals surface area contributed by atoms with Crippen molar-refractivity contribution in [3.8, 4) is 55.9 Å². The van der Waals surface area contributed by atoms with E-state index in [2.05, 4.69) is 241 Å². The molecular weight excluding hydrogens is 817 g/mol. The van der Waals surface area contributed by atoms with Crippen LogP contribution < -0.4 is 0 Å². The molecule has 0 aliphatic heterocycles. The van der Waals surface area contributed by atoms with Gasteiger partial charge in [-0.25, -0.2) is 0 Å². The number of nitrogens with zero attached hydrogens (tertiary/aromatic N) is 2. The zero-order chi connectivity index (χ0) is 43.7. The second-order valence-corrected chi connectivity index (χ2v) is 19.5. The first kappa shape index (κ1) is 37.4. The van der Waals surface area contributed by atoms with Crippen LogP contribution in [0.3, 0.4) is 0 Å². The lowest BCUT2D eigenvalue weighted by atomic mass is 9.81. The largest absolute Gasteiger partial charge is 0.309 e. The summed E-state index contributed by atoms with van der Waals surface area (Å²) in [5.74, 6) is 0. The fraction of sp³-hybridized carbons (Fsp3) is 0.0476. The van der Waals surface area contributed by atoms with E-state index in [1.807, 2.05) is 11.3 Å². The van der Waals surface area contributed by atoms with Crippen LogP contribution in [0, 0.1) is 0 Å². The molecule has 2 nitrogen and oxygen atoms in total. The summed E-state index contributed by atoms with van der Waals surface area (Å²) in [5.41, 5.74) is 19.8. The fourth-order valence-electron chi connectivity index (χ4n) is 11.4. The summed E-state index contributed by atoms with van der Waals surface area (Å²) >= 11 is 1.89. The van der Waals surface area contributed by atoms with E-state index in [1.165, 1.54) is 125 Å². The summed E-state index contributed by atoms with van der Waals surface area (Å²) in [6.07, 6.45) is 0. The van der Waals surface area contributed by atoms with Gasteiger partial charge in [-0.3, -0.25) is 0 Å². The highest BCUT2D eigenvalue weighted by molar-refractivity contribution is 7.26. The molecule has 0 spiro atoms. The number of thiophene rings is 1. The molecule has 1 aliphatic rings. The SMILES string of the molecule is CC1(C)c2ccccc2-c2ccc(-c3cc(-c4ccc5c6ccccc6n(-c6cccc7c6sc6ccccc67)c5c4)cc(-c4cccc5c4c4ccccc4n5-c4ccccc4)c3)cc21. The van der Waals surface area contributed by atoms with E-state index in [9.17, 15) is 0 Å². The quantitative estimate of drug-likeness (QED) is 0.163. The molecule has 13 aromatic rings. The van der Waals surface area contributed by atoms with Crippen LogP contribution in [0.4, 0.5) is 0 Å². The number of fused-ring (bicyclic) bond motifs is 12. The van der Waals surface area contributed by atoms with E-state index in [4.69, 9.17) is 0 Å². The van der Waals surface area contributed by atoms with E-state index in [1.54, 1.807) is 0 Å². The molecule has 10 aromatic carbocycles. The fourth-order valence-corrected chi connectivity index (χ4v) is 12.6. The maximum absolute atomic E-state index is 2.51. The van der Waals surface area contributed by atoms with Crippen LogP contribution >= 0.6 is 11.3 Å². The summed E-state index contributed by atoms with van der Waals surface area (Å²) in [5, 5.41) is 7.63. The zero-order valence-electron chi connectivity index (χ0n) is 36.6. The smallest absolute Gasteiger partial charge is 0.0640 e. The van der Waals surface area contributed by atoms with Crippen LogP contribution in [0.5, 0.6) is 0 Å². The van der Waals surface area contributed by atoms with Gasteiger partial charge in [0.15, 0.2) is 0 Å². The lowest BCUT2D eigenvalue weighted by molar-refractivity contribution is 0.660. The highest BCUT2D eigenvalue weighted by Gasteiger charge is 2.35. The van der Waals surface area contributed by atoms with Gasteiger partial charge >= 0.3 is 0 Å². The van der Waals surface area contributed by atoms with Crippen LogP contribution in [-0.4, -0.2) is 9.13 Å². The third-order valence-electron chi connectivity index (χ3n) is 14.5. The number of hydrogen-bond acceptors (Lipinski definition) is 1. The van der Waals surface area contributed by atoms with E-state index >= 15 is 0 Å². The van der Waals surface area contributed by atoms with Crippen molar-refractivity contribution in [1.29, 1.82) is 0 Å². The van der Waals surface area contributed by atoms with E-state index in [0.717, 1.165) is 5.69 Å². The summed E-state index contributed by atoms with van der Waals surface area (Å²) < 4.78 is 7.55. The van der Waals surface area contributed by atoms with Gasteiger partial charge < -0.3 is 9.13 Å². The second kappa shape index (κ2) is 14.0. The molecule has 0 radical (unpaired) electrons. The predicted octanol–water partition coefficient (Wildman–Crippen LogP) is 17.6. The summed E-state index contributed by atoms with van der Waals surface area (Å²) in [7, 11) is 0. The van der Waals surface area contributed by atoms with Crippen LogP contribution in [0.1, 0.15) is 25.0 Å². The number of hydrogen-bond donors (Lipinski definition) is 0. The van der Waals surface area contributed by atoms with E-state index < -0.39 is 0 Å². The lowest BCUT2D eigenvalue weighted by Crippen LogP contribution is -2.14. The van der Waals surface area contributed by atoms with Crippen molar-refractivity contribution in [3.05, 3.63) is 230 Å². The molecule has 0 atom stereocenters. The maximum atomic E-state index is 2.51. The van der Waals surface area contributed by atoms with Gasteiger partial charge in [0.25, 0.3) is 0 Å². The first-order chi connectivity index (χ1) is 32.5. The minimum atomic E-state index is -0.108. The van der Waals surface area contributed by atoms with Gasteiger partial charge in [-0.2, -0.15) is 0 Å². The van der Waals surface area contributed by atoms with Crippen molar-refractivity contribution in [2.75, 3.05) is 0 Å². The van der Waals surface area contributed by atoms with Crippen LogP contribution in [0.15, 0.2) is 218 Å². The molecule has 3 heteroatoms. The van der Waals surface area contributed by atoms with Crippen LogP contribution in [0.25, 0.3) is 120 Å². The Morgan fingerprint density at radius 1 is 0.348 bits per heavy atom. The Kier molecular flexibility index (Phi) is 7.94. The third-order valence-corrected chi connectivity index (χ3v) is 15.7. The molecule has 0 unspecified atom stereocenters. The Labute approximate surface area is 386 Å². The molecule has 66 heavy (non-hydrogen) atoms. The van der Waals surface area contributed by atoms with Crippen LogP contribution in [-0.2, 0) is 5.41 Å².